The van der Waals surface area contributed by atoms with Crippen LogP contribution < -0.4 is 0 Å². The molecule has 0 radical (unpaired) electrons. The summed E-state index contributed by atoms with van der Waals surface area (Å²) in [6.45, 7) is 6.14. The number of unbranched alkanes of at least 4 members (excludes halogenated alkanes) is 3. The van der Waals surface area contributed by atoms with Crippen LogP contribution in [0.3, 0.4) is 0 Å². The van der Waals surface area contributed by atoms with E-state index in [0.29, 0.717) is 6.61 Å². The van der Waals surface area contributed by atoms with Crippen LogP contribution in [0.25, 0.3) is 0 Å². The maximum Gasteiger partial charge on any atom is 0.330 e. The number of hydrogen-bond acceptors (Lipinski definition) is 2. The number of carbonyl (C=O) groups excluding carboxylic acids is 1. The van der Waals surface area contributed by atoms with Crippen LogP contribution in [-0.2, 0) is 9.53 Å². The van der Waals surface area contributed by atoms with Crippen LogP contribution >= 0.6 is 0 Å². The molecule has 0 aromatic carbocycles. The van der Waals surface area contributed by atoms with E-state index in [-0.39, 0.29) is 5.97 Å². The number of hydrogen-bond donors (Lipinski definition) is 0. The van der Waals surface area contributed by atoms with Crippen molar-refractivity contribution in [2.45, 2.75) is 32.6 Å². The second-order valence-corrected chi connectivity index (χ2v) is 2.82. The number of ether oxygens (including phenoxy) is 1. The van der Waals surface area contributed by atoms with Crippen molar-refractivity contribution in [3.8, 4) is 0 Å². The molecule has 0 aromatic rings. The summed E-state index contributed by atoms with van der Waals surface area (Å²) in [5.74, 6) is -0.281. The second kappa shape index (κ2) is 9.04. The fourth-order valence-electron chi connectivity index (χ4n) is 0.896. The van der Waals surface area contributed by atoms with Crippen molar-refractivity contribution in [3.05, 3.63) is 24.8 Å². The lowest BCUT2D eigenvalue weighted by molar-refractivity contribution is -0.137. The molecule has 0 aliphatic carbocycles. The smallest absolute Gasteiger partial charge is 0.330 e. The molecule has 0 N–H and O–H groups in total. The number of esters is 1. The van der Waals surface area contributed by atoms with Gasteiger partial charge in [0.05, 0.1) is 6.61 Å². The van der Waals surface area contributed by atoms with E-state index < -0.39 is 0 Å². The van der Waals surface area contributed by atoms with Crippen LogP contribution in [0, 0.1) is 0 Å². The third-order valence-corrected chi connectivity index (χ3v) is 1.61. The van der Waals surface area contributed by atoms with Gasteiger partial charge in [0.2, 0.25) is 0 Å². The van der Waals surface area contributed by atoms with Gasteiger partial charge in [0.15, 0.2) is 0 Å². The lowest BCUT2D eigenvalue weighted by Crippen LogP contribution is -2.01. The Hall–Kier alpha value is -1.05. The van der Waals surface area contributed by atoms with Gasteiger partial charge in [-0.2, -0.15) is 0 Å². The minimum absolute atomic E-state index is 0.281. The number of allylic oxidation sites excluding steroid dienone is 2. The zero-order valence-corrected chi connectivity index (χ0v) is 8.29. The van der Waals surface area contributed by atoms with E-state index >= 15 is 0 Å². The summed E-state index contributed by atoms with van der Waals surface area (Å²) >= 11 is 0. The highest BCUT2D eigenvalue weighted by Crippen LogP contribution is 1.99. The molecular weight excluding hydrogens is 164 g/mol. The molecule has 0 aromatic heterocycles. The molecule has 0 heterocycles. The standard InChI is InChI=1S/C11H18O2/c1-3-5-7-8-10-13-11(12)9-6-4-2/h4,6,9H,2-3,5,7-8,10H2,1H3/b9-6+. The van der Waals surface area contributed by atoms with Crippen LogP contribution in [-0.4, -0.2) is 12.6 Å². The monoisotopic (exact) mass is 182 g/mol. The van der Waals surface area contributed by atoms with Gasteiger partial charge in [-0.15, -0.1) is 0 Å². The van der Waals surface area contributed by atoms with E-state index in [1.54, 1.807) is 12.2 Å². The molecule has 0 aliphatic heterocycles. The van der Waals surface area contributed by atoms with E-state index in [1.165, 1.54) is 18.9 Å². The quantitative estimate of drug-likeness (QED) is 0.262. The van der Waals surface area contributed by atoms with Crippen LogP contribution in [0.4, 0.5) is 0 Å². The molecule has 13 heavy (non-hydrogen) atoms. The molecule has 0 saturated carbocycles. The molecule has 0 spiro atoms. The Labute approximate surface area is 80.3 Å². The van der Waals surface area contributed by atoms with Gasteiger partial charge in [0.25, 0.3) is 0 Å². The zero-order valence-electron chi connectivity index (χ0n) is 8.29. The Bertz CT molecular complexity index is 171. The molecule has 2 nitrogen and oxygen atoms in total. The van der Waals surface area contributed by atoms with Crippen molar-refractivity contribution in [2.75, 3.05) is 6.61 Å². The van der Waals surface area contributed by atoms with Gasteiger partial charge in [-0.1, -0.05) is 44.9 Å². The van der Waals surface area contributed by atoms with Gasteiger partial charge < -0.3 is 4.74 Å². The minimum Gasteiger partial charge on any atom is -0.463 e. The van der Waals surface area contributed by atoms with Crippen molar-refractivity contribution in [2.24, 2.45) is 0 Å². The summed E-state index contributed by atoms with van der Waals surface area (Å²) in [6, 6.07) is 0. The second-order valence-electron chi connectivity index (χ2n) is 2.82. The Balaban J connectivity index is 3.26. The summed E-state index contributed by atoms with van der Waals surface area (Å²) in [6.07, 6.45) is 9.01. The maximum absolute atomic E-state index is 10.9. The Morgan fingerprint density at radius 1 is 1.38 bits per heavy atom. The molecule has 0 bridgehead atoms. The van der Waals surface area contributed by atoms with Crippen molar-refractivity contribution in [1.82, 2.24) is 0 Å². The topological polar surface area (TPSA) is 26.3 Å². The average molecular weight is 182 g/mol. The van der Waals surface area contributed by atoms with E-state index in [4.69, 9.17) is 4.74 Å². The lowest BCUT2D eigenvalue weighted by atomic mass is 10.2. The van der Waals surface area contributed by atoms with Gasteiger partial charge in [-0.25, -0.2) is 4.79 Å². The summed E-state index contributed by atoms with van der Waals surface area (Å²) in [7, 11) is 0. The number of rotatable bonds is 7. The maximum atomic E-state index is 10.9. The summed E-state index contributed by atoms with van der Waals surface area (Å²) < 4.78 is 4.92. The van der Waals surface area contributed by atoms with Gasteiger partial charge in [-0.3, -0.25) is 0 Å². The largest absolute Gasteiger partial charge is 0.463 e. The fourth-order valence-corrected chi connectivity index (χ4v) is 0.896. The van der Waals surface area contributed by atoms with Gasteiger partial charge in [-0.05, 0) is 6.42 Å². The molecule has 0 atom stereocenters. The van der Waals surface area contributed by atoms with E-state index in [2.05, 4.69) is 13.5 Å². The third kappa shape index (κ3) is 8.86. The predicted octanol–water partition coefficient (Wildman–Crippen LogP) is 2.85. The van der Waals surface area contributed by atoms with E-state index in [1.807, 2.05) is 0 Å². The van der Waals surface area contributed by atoms with Gasteiger partial charge >= 0.3 is 5.97 Å². The van der Waals surface area contributed by atoms with Gasteiger partial charge in [0, 0.05) is 6.08 Å². The van der Waals surface area contributed by atoms with Crippen LogP contribution in [0.15, 0.2) is 24.8 Å². The first-order valence-electron chi connectivity index (χ1n) is 4.77. The molecule has 0 fully saturated rings. The molecule has 0 rings (SSSR count). The molecule has 0 amide bonds. The molecule has 74 valence electrons. The van der Waals surface area contributed by atoms with Crippen molar-refractivity contribution in [3.63, 3.8) is 0 Å². The Morgan fingerprint density at radius 2 is 2.15 bits per heavy atom. The average Bonchev–Trinajstić information content (AvgIpc) is 2.14. The first-order chi connectivity index (χ1) is 6.31. The van der Waals surface area contributed by atoms with E-state index in [9.17, 15) is 4.79 Å². The molecule has 0 aliphatic rings. The third-order valence-electron chi connectivity index (χ3n) is 1.61. The number of carbonyl (C=O) groups is 1. The Kier molecular flexibility index (Phi) is 8.31. The summed E-state index contributed by atoms with van der Waals surface area (Å²) in [4.78, 5) is 10.9. The highest BCUT2D eigenvalue weighted by atomic mass is 16.5. The van der Waals surface area contributed by atoms with Crippen LogP contribution in [0.1, 0.15) is 32.6 Å². The van der Waals surface area contributed by atoms with Crippen molar-refractivity contribution < 1.29 is 9.53 Å². The van der Waals surface area contributed by atoms with Crippen LogP contribution in [0.2, 0.25) is 0 Å². The van der Waals surface area contributed by atoms with E-state index in [0.717, 1.165) is 12.8 Å². The molecule has 2 heteroatoms. The SMILES string of the molecule is C=C/C=C/C(=O)OCCCCCC. The molecule has 0 saturated heterocycles. The first-order valence-corrected chi connectivity index (χ1v) is 4.77. The highest BCUT2D eigenvalue weighted by Gasteiger charge is 1.94. The normalized spacial score (nSPS) is 10.2. The lowest BCUT2D eigenvalue weighted by Gasteiger charge is -2.00. The summed E-state index contributed by atoms with van der Waals surface area (Å²) in [5, 5.41) is 0. The van der Waals surface area contributed by atoms with Crippen LogP contribution in [0.5, 0.6) is 0 Å². The van der Waals surface area contributed by atoms with Crippen molar-refractivity contribution >= 4 is 5.97 Å². The highest BCUT2D eigenvalue weighted by molar-refractivity contribution is 5.82. The summed E-state index contributed by atoms with van der Waals surface area (Å²) in [5.41, 5.74) is 0. The van der Waals surface area contributed by atoms with Gasteiger partial charge in [0.1, 0.15) is 0 Å². The molecule has 0 unspecified atom stereocenters. The fraction of sp³-hybridized carbons (Fsp3) is 0.545. The van der Waals surface area contributed by atoms with Crippen molar-refractivity contribution in [1.29, 1.82) is 0 Å². The zero-order chi connectivity index (χ0) is 9.94. The first kappa shape index (κ1) is 11.9. The Morgan fingerprint density at radius 3 is 2.77 bits per heavy atom. The predicted molar refractivity (Wildman–Crippen MR) is 54.4 cm³/mol. The molecular formula is C11H18O2. The minimum atomic E-state index is -0.281.